The zero-order chi connectivity index (χ0) is 20.5. The summed E-state index contributed by atoms with van der Waals surface area (Å²) in [7, 11) is 0. The topological polar surface area (TPSA) is 125 Å². The minimum atomic E-state index is -0.983. The highest BCUT2D eigenvalue weighted by Crippen LogP contribution is 2.35. The molecule has 1 spiro atoms. The van der Waals surface area contributed by atoms with Gasteiger partial charge in [0, 0.05) is 5.02 Å². The number of phenolic OH excluding ortho intramolecular Hbond substituents is 1. The van der Waals surface area contributed by atoms with E-state index in [4.69, 9.17) is 16.3 Å². The van der Waals surface area contributed by atoms with Crippen LogP contribution in [0.15, 0.2) is 18.2 Å². The van der Waals surface area contributed by atoms with E-state index >= 15 is 0 Å². The highest BCUT2D eigenvalue weighted by molar-refractivity contribution is 6.30. The number of carbonyl (C=O) groups excluding carboxylic acids is 4. The first-order valence-corrected chi connectivity index (χ1v) is 9.21. The second kappa shape index (κ2) is 7.67. The van der Waals surface area contributed by atoms with Gasteiger partial charge in [0.2, 0.25) is 0 Å². The third-order valence-electron chi connectivity index (χ3n) is 5.04. The van der Waals surface area contributed by atoms with Crippen molar-refractivity contribution in [2.45, 2.75) is 38.1 Å². The second-order valence-corrected chi connectivity index (χ2v) is 7.54. The normalized spacial score (nSPS) is 24.2. The molecule has 4 amide bonds. The van der Waals surface area contributed by atoms with Crippen LogP contribution in [-0.4, -0.2) is 46.1 Å². The molecular weight excluding hydrogens is 390 g/mol. The Kier molecular flexibility index (Phi) is 5.46. The summed E-state index contributed by atoms with van der Waals surface area (Å²) >= 11 is 5.69. The lowest BCUT2D eigenvalue weighted by atomic mass is 9.77. The van der Waals surface area contributed by atoms with Gasteiger partial charge in [-0.2, -0.15) is 5.01 Å². The zero-order valence-electron chi connectivity index (χ0n) is 15.2. The van der Waals surface area contributed by atoms with Gasteiger partial charge in [-0.25, -0.2) is 9.59 Å². The van der Waals surface area contributed by atoms with Crippen LogP contribution in [0.2, 0.25) is 5.02 Å². The first-order chi connectivity index (χ1) is 13.2. The van der Waals surface area contributed by atoms with Gasteiger partial charge < -0.3 is 15.2 Å². The number of carbonyl (C=O) groups is 4. The van der Waals surface area contributed by atoms with Crippen molar-refractivity contribution in [1.82, 2.24) is 15.8 Å². The summed E-state index contributed by atoms with van der Waals surface area (Å²) in [6, 6.07) is 3.09. The first kappa shape index (κ1) is 19.9. The Balaban J connectivity index is 1.57. The molecule has 150 valence electrons. The Bertz CT molecular complexity index is 835. The summed E-state index contributed by atoms with van der Waals surface area (Å²) in [6.45, 7) is 1.35. The molecule has 0 bridgehead atoms. The van der Waals surface area contributed by atoms with Crippen LogP contribution < -0.4 is 10.7 Å². The third kappa shape index (κ3) is 3.89. The number of imide groups is 1. The van der Waals surface area contributed by atoms with E-state index in [1.807, 2.05) is 0 Å². The maximum atomic E-state index is 12.6. The highest BCUT2D eigenvalue weighted by Gasteiger charge is 2.52. The van der Waals surface area contributed by atoms with Crippen molar-refractivity contribution in [2.75, 3.05) is 6.61 Å². The monoisotopic (exact) mass is 409 g/mol. The number of phenols is 1. The summed E-state index contributed by atoms with van der Waals surface area (Å²) in [6.07, 6.45) is 2.62. The summed E-state index contributed by atoms with van der Waals surface area (Å²) in [4.78, 5) is 48.8. The second-order valence-electron chi connectivity index (χ2n) is 7.11. The number of rotatable bonds is 4. The lowest BCUT2D eigenvalue weighted by molar-refractivity contribution is -0.141. The van der Waals surface area contributed by atoms with Crippen LogP contribution in [0.1, 0.15) is 43.0 Å². The Morgan fingerprint density at radius 1 is 1.36 bits per heavy atom. The molecule has 2 fully saturated rings. The average molecular weight is 410 g/mol. The van der Waals surface area contributed by atoms with Gasteiger partial charge in [0.15, 0.2) is 6.61 Å². The molecule has 1 aliphatic heterocycles. The molecule has 2 aliphatic rings. The Hall–Kier alpha value is -2.81. The smallest absolute Gasteiger partial charge is 0.344 e. The molecule has 0 radical (unpaired) electrons. The van der Waals surface area contributed by atoms with Crippen molar-refractivity contribution >= 4 is 35.4 Å². The molecule has 28 heavy (non-hydrogen) atoms. The average Bonchev–Trinajstić information content (AvgIpc) is 2.86. The number of hydrazine groups is 1. The van der Waals surface area contributed by atoms with Gasteiger partial charge in [0.05, 0.1) is 0 Å². The number of hydrogen-bond acceptors (Lipinski definition) is 6. The van der Waals surface area contributed by atoms with Crippen LogP contribution in [0.4, 0.5) is 4.79 Å². The fourth-order valence-electron chi connectivity index (χ4n) is 3.36. The minimum Gasteiger partial charge on any atom is -0.507 e. The molecule has 1 aliphatic carbocycles. The van der Waals surface area contributed by atoms with Gasteiger partial charge in [-0.05, 0) is 49.8 Å². The molecule has 1 aromatic rings. The van der Waals surface area contributed by atoms with Crippen molar-refractivity contribution < 1.29 is 29.0 Å². The van der Waals surface area contributed by atoms with Crippen molar-refractivity contribution in [3.05, 3.63) is 28.8 Å². The fraction of sp³-hybridized carbons (Fsp3) is 0.444. The number of nitrogens with one attached hydrogen (secondary N) is 2. The number of nitrogens with zero attached hydrogens (tertiary/aromatic N) is 1. The highest BCUT2D eigenvalue weighted by atomic mass is 35.5. The minimum absolute atomic E-state index is 0.164. The van der Waals surface area contributed by atoms with E-state index in [1.54, 1.807) is 0 Å². The summed E-state index contributed by atoms with van der Waals surface area (Å²) in [5.41, 5.74) is 1.02. The number of esters is 1. The maximum absolute atomic E-state index is 12.6. The molecule has 1 aromatic carbocycles. The first-order valence-electron chi connectivity index (χ1n) is 8.84. The van der Waals surface area contributed by atoms with Gasteiger partial charge in [-0.3, -0.25) is 15.0 Å². The molecule has 3 N–H and O–H groups in total. The van der Waals surface area contributed by atoms with E-state index in [0.717, 1.165) is 18.9 Å². The van der Waals surface area contributed by atoms with Crippen molar-refractivity contribution in [2.24, 2.45) is 5.92 Å². The van der Waals surface area contributed by atoms with Crippen molar-refractivity contribution in [1.29, 1.82) is 0 Å². The molecule has 3 rings (SSSR count). The Morgan fingerprint density at radius 2 is 2.04 bits per heavy atom. The Labute approximate surface area is 165 Å². The molecule has 0 atom stereocenters. The number of benzene rings is 1. The molecule has 10 heteroatoms. The maximum Gasteiger partial charge on any atom is 0.344 e. The standard InChI is InChI=1S/C18H20ClN3O6/c1-10-4-6-18(7-5-10)16(26)22(17(27)20-18)21-14(24)9-28-15(25)12-3-2-11(19)8-13(12)23/h2-3,8,10,23H,4-7,9H2,1H3,(H,20,27)(H,21,24). The predicted molar refractivity (Wildman–Crippen MR) is 97.3 cm³/mol. The van der Waals surface area contributed by atoms with E-state index in [9.17, 15) is 24.3 Å². The lowest BCUT2D eigenvalue weighted by Crippen LogP contribution is -2.52. The SMILES string of the molecule is CC1CCC2(CC1)NC(=O)N(NC(=O)COC(=O)c1ccc(Cl)cc1O)C2=O. The van der Waals surface area contributed by atoms with E-state index in [0.29, 0.717) is 23.8 Å². The van der Waals surface area contributed by atoms with Crippen molar-refractivity contribution in [3.8, 4) is 5.75 Å². The predicted octanol–water partition coefficient (Wildman–Crippen LogP) is 1.73. The largest absolute Gasteiger partial charge is 0.507 e. The zero-order valence-corrected chi connectivity index (χ0v) is 15.9. The van der Waals surface area contributed by atoms with E-state index in [2.05, 4.69) is 17.7 Å². The number of amides is 4. The van der Waals surface area contributed by atoms with Crippen LogP contribution in [0.5, 0.6) is 5.75 Å². The van der Waals surface area contributed by atoms with E-state index < -0.39 is 36.0 Å². The number of ether oxygens (including phenoxy) is 1. The fourth-order valence-corrected chi connectivity index (χ4v) is 3.53. The quantitative estimate of drug-likeness (QED) is 0.513. The molecule has 0 unspecified atom stereocenters. The van der Waals surface area contributed by atoms with E-state index in [1.165, 1.54) is 12.1 Å². The number of urea groups is 1. The van der Waals surface area contributed by atoms with Gasteiger partial charge in [-0.15, -0.1) is 0 Å². The van der Waals surface area contributed by atoms with Crippen molar-refractivity contribution in [3.63, 3.8) is 0 Å². The summed E-state index contributed by atoms with van der Waals surface area (Å²) < 4.78 is 4.82. The van der Waals surface area contributed by atoms with Gasteiger partial charge in [-0.1, -0.05) is 18.5 Å². The Morgan fingerprint density at radius 3 is 2.68 bits per heavy atom. The molecule has 0 aromatic heterocycles. The molecule has 1 saturated carbocycles. The van der Waals surface area contributed by atoms with E-state index in [-0.39, 0.29) is 16.3 Å². The van der Waals surface area contributed by atoms with Gasteiger partial charge >= 0.3 is 12.0 Å². The number of hydrogen-bond donors (Lipinski definition) is 3. The molecular formula is C18H20ClN3O6. The van der Waals surface area contributed by atoms with Crippen LogP contribution in [0, 0.1) is 5.92 Å². The lowest BCUT2D eigenvalue weighted by Gasteiger charge is -2.33. The van der Waals surface area contributed by atoms with Crippen LogP contribution in [-0.2, 0) is 14.3 Å². The summed E-state index contributed by atoms with van der Waals surface area (Å²) in [5, 5.41) is 13.2. The molecule has 1 saturated heterocycles. The van der Waals surface area contributed by atoms with Crippen LogP contribution >= 0.6 is 11.6 Å². The van der Waals surface area contributed by atoms with Gasteiger partial charge in [0.1, 0.15) is 16.9 Å². The number of aromatic hydroxyl groups is 1. The van der Waals surface area contributed by atoms with Crippen LogP contribution in [0.25, 0.3) is 0 Å². The number of halogens is 1. The molecule has 1 heterocycles. The molecule has 9 nitrogen and oxygen atoms in total. The summed E-state index contributed by atoms with van der Waals surface area (Å²) in [5.74, 6) is -2.23. The van der Waals surface area contributed by atoms with Crippen LogP contribution in [0.3, 0.4) is 0 Å². The van der Waals surface area contributed by atoms with Gasteiger partial charge in [0.25, 0.3) is 11.8 Å². The third-order valence-corrected chi connectivity index (χ3v) is 5.28.